The van der Waals surface area contributed by atoms with Gasteiger partial charge >= 0.3 is 16.3 Å². The molecule has 236 valence electrons. The molecule has 1 heterocycles. The molecule has 1 aliphatic heterocycles. The fraction of sp³-hybridized carbons (Fsp3) is 0.607. The van der Waals surface area contributed by atoms with Crippen LogP contribution >= 0.6 is 0 Å². The number of nitrogens with two attached hydrogens (primary N) is 1. The van der Waals surface area contributed by atoms with E-state index in [0.29, 0.717) is 17.0 Å². The summed E-state index contributed by atoms with van der Waals surface area (Å²) in [6.45, 7) is 6.57. The zero-order valence-corrected chi connectivity index (χ0v) is 25.5. The Kier molecular flexibility index (Phi) is 13.5. The van der Waals surface area contributed by atoms with Gasteiger partial charge in [-0.05, 0) is 38.2 Å². The van der Waals surface area contributed by atoms with E-state index in [1.165, 1.54) is 6.08 Å². The normalized spacial score (nSPS) is 22.6. The minimum Gasteiger partial charge on any atom is -0.463 e. The summed E-state index contributed by atoms with van der Waals surface area (Å²) in [6.07, 6.45) is -4.18. The summed E-state index contributed by atoms with van der Waals surface area (Å²) >= 11 is 0. The Morgan fingerprint density at radius 3 is 2.40 bits per heavy atom. The third-order valence-electron chi connectivity index (χ3n) is 6.86. The standard InChI is InChI=1S/C28H43N3O10S/c1-6-18(3)14-24(32)31(30(5)28(36)21(29)16-20-11-9-8-10-12-20)42(37,38)41-23-17-40-22(26(34)27(23)35)13-19(4)15-25(33)39-7-2/h8-12,15,18,21-23,26-27,34-35H,6-7,13-14,16-17,29H2,1-5H3/b19-15+/t18-,21-,22-,23+,26-,27-/m0/s1. The van der Waals surface area contributed by atoms with E-state index in [1.807, 2.05) is 6.92 Å². The van der Waals surface area contributed by atoms with Crippen molar-refractivity contribution < 1.29 is 46.7 Å². The second kappa shape index (κ2) is 16.1. The van der Waals surface area contributed by atoms with E-state index < -0.39 is 65.2 Å². The third kappa shape index (κ3) is 9.85. The Balaban J connectivity index is 2.22. The number of esters is 1. The van der Waals surface area contributed by atoms with Gasteiger partial charge in [-0.15, -0.1) is 4.41 Å². The van der Waals surface area contributed by atoms with Crippen LogP contribution in [-0.4, -0.2) is 96.6 Å². The first-order valence-corrected chi connectivity index (χ1v) is 15.2. The predicted octanol–water partition coefficient (Wildman–Crippen LogP) is 0.845. The van der Waals surface area contributed by atoms with Gasteiger partial charge in [-0.25, -0.2) is 14.0 Å². The van der Waals surface area contributed by atoms with Crippen LogP contribution in [0.1, 0.15) is 52.5 Å². The van der Waals surface area contributed by atoms with E-state index in [4.69, 9.17) is 19.4 Å². The maximum absolute atomic E-state index is 13.5. The number of benzene rings is 1. The number of aliphatic hydroxyl groups excluding tert-OH is 2. The van der Waals surface area contributed by atoms with Crippen LogP contribution in [0.5, 0.6) is 0 Å². The molecule has 0 aromatic heterocycles. The summed E-state index contributed by atoms with van der Waals surface area (Å²) in [5.41, 5.74) is 7.34. The number of carbonyl (C=O) groups excluding carboxylic acids is 3. The van der Waals surface area contributed by atoms with Crippen molar-refractivity contribution in [3.05, 3.63) is 47.5 Å². The van der Waals surface area contributed by atoms with Gasteiger partial charge in [0.15, 0.2) is 0 Å². The average Bonchev–Trinajstić information content (AvgIpc) is 2.92. The summed E-state index contributed by atoms with van der Waals surface area (Å²) in [7, 11) is -3.94. The molecule has 0 saturated carbocycles. The van der Waals surface area contributed by atoms with E-state index in [1.54, 1.807) is 51.1 Å². The Morgan fingerprint density at radius 1 is 1.17 bits per heavy atom. The van der Waals surface area contributed by atoms with Gasteiger partial charge in [-0.3, -0.25) is 9.59 Å². The van der Waals surface area contributed by atoms with E-state index in [-0.39, 0.29) is 36.2 Å². The predicted molar refractivity (Wildman–Crippen MR) is 152 cm³/mol. The first-order valence-electron chi connectivity index (χ1n) is 13.9. The van der Waals surface area contributed by atoms with Crippen LogP contribution in [0, 0.1) is 5.92 Å². The van der Waals surface area contributed by atoms with Crippen LogP contribution in [-0.2, 0) is 44.8 Å². The third-order valence-corrected chi connectivity index (χ3v) is 8.22. The molecule has 42 heavy (non-hydrogen) atoms. The van der Waals surface area contributed by atoms with Crippen molar-refractivity contribution in [2.75, 3.05) is 20.3 Å². The highest BCUT2D eigenvalue weighted by molar-refractivity contribution is 7.84. The largest absolute Gasteiger partial charge is 0.463 e. The number of hydrazine groups is 1. The van der Waals surface area contributed by atoms with Crippen molar-refractivity contribution in [3.8, 4) is 0 Å². The Bertz CT molecular complexity index is 1190. The Labute approximate surface area is 247 Å². The highest BCUT2D eigenvalue weighted by Crippen LogP contribution is 2.26. The molecule has 1 fully saturated rings. The summed E-state index contributed by atoms with van der Waals surface area (Å²) in [4.78, 5) is 38.1. The lowest BCUT2D eigenvalue weighted by atomic mass is 9.95. The van der Waals surface area contributed by atoms with Gasteiger partial charge in [0, 0.05) is 19.5 Å². The minimum absolute atomic E-state index is 0.0482. The van der Waals surface area contributed by atoms with Crippen molar-refractivity contribution in [2.45, 2.75) is 83.8 Å². The lowest BCUT2D eigenvalue weighted by molar-refractivity contribution is -0.181. The number of aliphatic hydroxyl groups is 2. The SMILES string of the molecule is CCOC(=O)/C=C(\C)C[C@@H]1OC[C@@H](OS(=O)(=O)N(C(=O)C[C@@H](C)CC)N(C)C(=O)[C@@H](N)Cc2ccccc2)[C@H](O)[C@H]1O. The Morgan fingerprint density at radius 2 is 1.81 bits per heavy atom. The number of nitrogens with zero attached hydrogens (tertiary/aromatic N) is 2. The van der Waals surface area contributed by atoms with Gasteiger partial charge in [-0.2, -0.15) is 8.42 Å². The molecule has 2 rings (SSSR count). The molecule has 1 saturated heterocycles. The van der Waals surface area contributed by atoms with Gasteiger partial charge in [0.05, 0.1) is 25.4 Å². The van der Waals surface area contributed by atoms with Crippen LogP contribution in [0.25, 0.3) is 0 Å². The molecule has 6 atom stereocenters. The number of ether oxygens (including phenoxy) is 2. The van der Waals surface area contributed by atoms with Gasteiger partial charge in [0.25, 0.3) is 11.8 Å². The first-order chi connectivity index (χ1) is 19.7. The molecule has 1 aromatic carbocycles. The molecule has 1 aromatic rings. The number of carbonyl (C=O) groups is 3. The zero-order chi connectivity index (χ0) is 31.6. The smallest absolute Gasteiger partial charge is 0.383 e. The number of hydrogen-bond acceptors (Lipinski definition) is 11. The van der Waals surface area contributed by atoms with Gasteiger partial charge in [0.1, 0.15) is 18.3 Å². The average molecular weight is 614 g/mol. The molecule has 0 radical (unpaired) electrons. The first kappa shape index (κ1) is 35.3. The van der Waals surface area contributed by atoms with Crippen molar-refractivity contribution in [1.82, 2.24) is 9.42 Å². The van der Waals surface area contributed by atoms with Gasteiger partial charge in [0.2, 0.25) is 0 Å². The van der Waals surface area contributed by atoms with Crippen molar-refractivity contribution in [1.29, 1.82) is 0 Å². The van der Waals surface area contributed by atoms with E-state index in [0.717, 1.165) is 12.6 Å². The van der Waals surface area contributed by atoms with Crippen molar-refractivity contribution in [2.24, 2.45) is 11.7 Å². The van der Waals surface area contributed by atoms with E-state index >= 15 is 0 Å². The van der Waals surface area contributed by atoms with Crippen LogP contribution < -0.4 is 5.73 Å². The van der Waals surface area contributed by atoms with Crippen LogP contribution in [0.3, 0.4) is 0 Å². The second-order valence-corrected chi connectivity index (χ2v) is 11.8. The van der Waals surface area contributed by atoms with E-state index in [9.17, 15) is 33.0 Å². The molecular formula is C28H43N3O10S. The van der Waals surface area contributed by atoms with Crippen molar-refractivity contribution >= 4 is 28.1 Å². The molecule has 0 bridgehead atoms. The topological polar surface area (TPSA) is 186 Å². The summed E-state index contributed by atoms with van der Waals surface area (Å²) < 4.78 is 42.8. The maximum Gasteiger partial charge on any atom is 0.383 e. The maximum atomic E-state index is 13.5. The summed E-state index contributed by atoms with van der Waals surface area (Å²) in [6, 6.07) is 7.68. The number of likely N-dealkylation sites (N-methyl/N-ethyl adjacent to an activating group) is 1. The van der Waals surface area contributed by atoms with E-state index in [2.05, 4.69) is 0 Å². The summed E-state index contributed by atoms with van der Waals surface area (Å²) in [5.74, 6) is -2.57. The van der Waals surface area contributed by atoms with Crippen molar-refractivity contribution in [3.63, 3.8) is 0 Å². The van der Waals surface area contributed by atoms with Gasteiger partial charge < -0.3 is 25.4 Å². The zero-order valence-electron chi connectivity index (χ0n) is 24.7. The fourth-order valence-corrected chi connectivity index (χ4v) is 5.59. The fourth-order valence-electron chi connectivity index (χ4n) is 4.33. The minimum atomic E-state index is -5.04. The summed E-state index contributed by atoms with van der Waals surface area (Å²) in [5, 5.41) is 22.0. The molecule has 14 heteroatoms. The van der Waals surface area contributed by atoms with Gasteiger partial charge in [-0.1, -0.05) is 56.2 Å². The molecule has 1 aliphatic rings. The lowest BCUT2D eigenvalue weighted by Gasteiger charge is -2.39. The van der Waals surface area contributed by atoms with Crippen LogP contribution in [0.4, 0.5) is 0 Å². The monoisotopic (exact) mass is 613 g/mol. The lowest BCUT2D eigenvalue weighted by Crippen LogP contribution is -2.59. The molecule has 0 unspecified atom stereocenters. The van der Waals surface area contributed by atoms with Crippen LogP contribution in [0.2, 0.25) is 0 Å². The number of hydrogen-bond donors (Lipinski definition) is 3. The molecule has 2 amide bonds. The Hall–Kier alpha value is -2.88. The van der Waals surface area contributed by atoms with Crippen LogP contribution in [0.15, 0.2) is 42.0 Å². The second-order valence-electron chi connectivity index (χ2n) is 10.4. The number of amides is 2. The molecule has 4 N–H and O–H groups in total. The number of rotatable bonds is 13. The molecule has 0 aliphatic carbocycles. The quantitative estimate of drug-likeness (QED) is 0.163. The highest BCUT2D eigenvalue weighted by atomic mass is 32.2. The highest BCUT2D eigenvalue weighted by Gasteiger charge is 2.45. The molecule has 0 spiro atoms. The molecule has 13 nitrogen and oxygen atoms in total. The molecular weight excluding hydrogens is 570 g/mol.